The van der Waals surface area contributed by atoms with E-state index in [-0.39, 0.29) is 0 Å². The first-order valence-electron chi connectivity index (χ1n) is 15.4. The van der Waals surface area contributed by atoms with Gasteiger partial charge in [0.25, 0.3) is 0 Å². The molecule has 43 heavy (non-hydrogen) atoms. The lowest BCUT2D eigenvalue weighted by Crippen LogP contribution is -2.05. The Balaban J connectivity index is 1.29. The zero-order valence-electron chi connectivity index (χ0n) is 23.9. The van der Waals surface area contributed by atoms with Crippen molar-refractivity contribution in [1.82, 2.24) is 0 Å². The molecule has 0 N–H and O–H groups in total. The summed E-state index contributed by atoms with van der Waals surface area (Å²) in [4.78, 5) is 1.42. The fourth-order valence-corrected chi connectivity index (χ4v) is 8.74. The van der Waals surface area contributed by atoms with Crippen LogP contribution in [0.15, 0.2) is 139 Å². The number of rotatable bonds is 3. The molecule has 1 heterocycles. The van der Waals surface area contributed by atoms with Crippen LogP contribution in [0.4, 0.5) is 0 Å². The Labute approximate surface area is 256 Å². The van der Waals surface area contributed by atoms with Crippen LogP contribution >= 0.6 is 11.3 Å². The Hall–Kier alpha value is -4.72. The molecule has 3 aliphatic rings. The van der Waals surface area contributed by atoms with Gasteiger partial charge in [0.2, 0.25) is 0 Å². The Morgan fingerprint density at radius 3 is 2.19 bits per heavy atom. The number of thiophene rings is 1. The van der Waals surface area contributed by atoms with Crippen LogP contribution in [-0.4, -0.2) is 0 Å². The normalized spacial score (nSPS) is 17.3. The number of allylic oxidation sites excluding steroid dienone is 9. The van der Waals surface area contributed by atoms with Gasteiger partial charge >= 0.3 is 0 Å². The van der Waals surface area contributed by atoms with E-state index >= 15 is 0 Å². The molecule has 0 amide bonds. The molecule has 0 spiro atoms. The second kappa shape index (κ2) is 9.93. The highest BCUT2D eigenvalue weighted by atomic mass is 32.1. The summed E-state index contributed by atoms with van der Waals surface area (Å²) in [5.41, 5.74) is 10.8. The van der Waals surface area contributed by atoms with Gasteiger partial charge in [-0.15, -0.1) is 11.3 Å². The molecule has 5 aromatic carbocycles. The van der Waals surface area contributed by atoms with E-state index in [9.17, 15) is 0 Å². The van der Waals surface area contributed by atoms with Crippen LogP contribution in [0, 0.1) is 5.92 Å². The molecule has 1 heteroatoms. The van der Waals surface area contributed by atoms with Crippen LogP contribution in [0.1, 0.15) is 28.8 Å². The second-order valence-corrected chi connectivity index (χ2v) is 12.9. The summed E-state index contributed by atoms with van der Waals surface area (Å²) in [6.45, 7) is 0. The zero-order valence-corrected chi connectivity index (χ0v) is 24.7. The molecule has 9 rings (SSSR count). The van der Waals surface area contributed by atoms with Crippen molar-refractivity contribution in [2.75, 3.05) is 0 Å². The van der Waals surface area contributed by atoms with E-state index in [1.54, 1.807) is 0 Å². The average Bonchev–Trinajstić information content (AvgIpc) is 3.46. The van der Waals surface area contributed by atoms with Gasteiger partial charge in [-0.05, 0) is 97.3 Å². The predicted octanol–water partition coefficient (Wildman–Crippen LogP) is 12.0. The molecule has 0 nitrogen and oxygen atoms in total. The quantitative estimate of drug-likeness (QED) is 0.187. The van der Waals surface area contributed by atoms with Gasteiger partial charge in [0, 0.05) is 21.1 Å². The molecule has 0 saturated carbocycles. The standard InChI is InChI=1S/C42H30S/c1-2-12-28-25-30(24-23-27(28)11-1)29-13-9-14-31(26-29)40-33-16-3-5-18-35(33)41(36-19-6-4-17-34(36)40)38-21-10-20-37-32-15-7-8-22-39(32)43-42(37)38/h1-6,8-14,16-22,24-27H,7,15,23H2. The lowest BCUT2D eigenvalue weighted by Gasteiger charge is -2.22. The van der Waals surface area contributed by atoms with Gasteiger partial charge in [-0.1, -0.05) is 127 Å². The van der Waals surface area contributed by atoms with Gasteiger partial charge in [0.1, 0.15) is 0 Å². The summed E-state index contributed by atoms with van der Waals surface area (Å²) in [6.07, 6.45) is 21.7. The minimum Gasteiger partial charge on any atom is -0.135 e. The molecule has 204 valence electrons. The minimum atomic E-state index is 0.506. The van der Waals surface area contributed by atoms with Crippen LogP contribution in [0.3, 0.4) is 0 Å². The maximum Gasteiger partial charge on any atom is 0.0430 e. The highest BCUT2D eigenvalue weighted by molar-refractivity contribution is 7.20. The van der Waals surface area contributed by atoms with E-state index in [1.807, 2.05) is 11.3 Å². The van der Waals surface area contributed by atoms with Crippen molar-refractivity contribution >= 4 is 54.6 Å². The summed E-state index contributed by atoms with van der Waals surface area (Å²) < 4.78 is 1.41. The third-order valence-electron chi connectivity index (χ3n) is 9.45. The van der Waals surface area contributed by atoms with E-state index in [1.165, 1.54) is 81.0 Å². The Morgan fingerprint density at radius 2 is 1.37 bits per heavy atom. The molecule has 1 unspecified atom stereocenters. The van der Waals surface area contributed by atoms with Crippen molar-refractivity contribution in [2.24, 2.45) is 5.92 Å². The van der Waals surface area contributed by atoms with Crippen molar-refractivity contribution in [3.05, 3.63) is 155 Å². The van der Waals surface area contributed by atoms with Gasteiger partial charge in [-0.3, -0.25) is 0 Å². The fraction of sp³-hybridized carbons (Fsp3) is 0.0952. The molecule has 1 atom stereocenters. The van der Waals surface area contributed by atoms with E-state index < -0.39 is 0 Å². The molecular formula is C42H30S. The van der Waals surface area contributed by atoms with Crippen LogP contribution in [0.25, 0.3) is 65.5 Å². The van der Waals surface area contributed by atoms with Gasteiger partial charge in [-0.2, -0.15) is 0 Å². The summed E-state index contributed by atoms with van der Waals surface area (Å²) in [5, 5.41) is 6.67. The molecule has 0 aliphatic heterocycles. The Morgan fingerprint density at radius 1 is 0.651 bits per heavy atom. The molecule has 1 aromatic heterocycles. The Bertz CT molecular complexity index is 2210. The third-order valence-corrected chi connectivity index (χ3v) is 10.7. The van der Waals surface area contributed by atoms with Crippen molar-refractivity contribution in [3.8, 4) is 22.3 Å². The van der Waals surface area contributed by atoms with Crippen LogP contribution < -0.4 is 0 Å². The second-order valence-electron chi connectivity index (χ2n) is 11.9. The SMILES string of the molecule is C1=CC2=CC(c3cccc(-c4c5ccccc5c(-c5cccc6c7c(sc56)C=CCC7)c5ccccc45)c3)=CCC2C=C1. The smallest absolute Gasteiger partial charge is 0.0430 e. The lowest BCUT2D eigenvalue weighted by atomic mass is 9.82. The van der Waals surface area contributed by atoms with Crippen molar-refractivity contribution in [2.45, 2.75) is 19.3 Å². The molecule has 0 bridgehead atoms. The fourth-order valence-electron chi connectivity index (χ4n) is 7.44. The molecule has 0 fully saturated rings. The number of hydrogen-bond donors (Lipinski definition) is 0. The van der Waals surface area contributed by atoms with E-state index in [2.05, 4.69) is 140 Å². The van der Waals surface area contributed by atoms with Crippen LogP contribution in [0.2, 0.25) is 0 Å². The van der Waals surface area contributed by atoms with E-state index in [0.29, 0.717) is 5.92 Å². The topological polar surface area (TPSA) is 0 Å². The maximum atomic E-state index is 2.41. The number of hydrogen-bond acceptors (Lipinski definition) is 1. The van der Waals surface area contributed by atoms with Gasteiger partial charge in [0.05, 0.1) is 0 Å². The Kier molecular flexibility index (Phi) is 5.74. The lowest BCUT2D eigenvalue weighted by molar-refractivity contribution is 0.783. The zero-order chi connectivity index (χ0) is 28.3. The number of fused-ring (bicyclic) bond motifs is 6. The monoisotopic (exact) mass is 566 g/mol. The largest absolute Gasteiger partial charge is 0.135 e. The van der Waals surface area contributed by atoms with Crippen molar-refractivity contribution in [1.29, 1.82) is 0 Å². The maximum absolute atomic E-state index is 2.41. The highest BCUT2D eigenvalue weighted by Crippen LogP contribution is 2.48. The first kappa shape index (κ1) is 24.8. The molecule has 3 aliphatic carbocycles. The van der Waals surface area contributed by atoms with Gasteiger partial charge in [-0.25, -0.2) is 0 Å². The predicted molar refractivity (Wildman–Crippen MR) is 188 cm³/mol. The summed E-state index contributed by atoms with van der Waals surface area (Å²) >= 11 is 1.96. The van der Waals surface area contributed by atoms with Crippen molar-refractivity contribution < 1.29 is 0 Å². The summed E-state index contributed by atoms with van der Waals surface area (Å²) in [6, 6.07) is 34.2. The third kappa shape index (κ3) is 3.96. The molecule has 0 saturated heterocycles. The minimum absolute atomic E-state index is 0.506. The number of benzene rings is 5. The molecule has 6 aromatic rings. The first-order chi connectivity index (χ1) is 21.3. The van der Waals surface area contributed by atoms with Crippen LogP contribution in [-0.2, 0) is 6.42 Å². The molecule has 0 radical (unpaired) electrons. The van der Waals surface area contributed by atoms with E-state index in [4.69, 9.17) is 0 Å². The summed E-state index contributed by atoms with van der Waals surface area (Å²) in [7, 11) is 0. The van der Waals surface area contributed by atoms with E-state index in [0.717, 1.165) is 19.3 Å². The molecular weight excluding hydrogens is 537 g/mol. The van der Waals surface area contributed by atoms with Gasteiger partial charge in [0.15, 0.2) is 0 Å². The summed E-state index contributed by atoms with van der Waals surface area (Å²) in [5.74, 6) is 0.506. The van der Waals surface area contributed by atoms with Gasteiger partial charge < -0.3 is 0 Å². The number of aryl methyl sites for hydroxylation is 1. The van der Waals surface area contributed by atoms with Crippen LogP contribution in [0.5, 0.6) is 0 Å². The first-order valence-corrected chi connectivity index (χ1v) is 16.2. The highest BCUT2D eigenvalue weighted by Gasteiger charge is 2.21. The van der Waals surface area contributed by atoms with Crippen molar-refractivity contribution in [3.63, 3.8) is 0 Å². The average molecular weight is 567 g/mol.